The van der Waals surface area contributed by atoms with Crippen LogP contribution in [0.5, 0.6) is 0 Å². The van der Waals surface area contributed by atoms with Crippen LogP contribution in [0.1, 0.15) is 210 Å². The zero-order valence-electron chi connectivity index (χ0n) is 65.9. The van der Waals surface area contributed by atoms with E-state index in [-0.39, 0.29) is 11.6 Å². The average Bonchev–Trinajstić information content (AvgIpc) is 1.30. The van der Waals surface area contributed by atoms with Gasteiger partial charge in [-0.1, -0.05) is 275 Å². The first kappa shape index (κ1) is 93.2. The lowest BCUT2D eigenvalue weighted by molar-refractivity contribution is 0.151. The van der Waals surface area contributed by atoms with Crippen LogP contribution >= 0.6 is 58.0 Å². The van der Waals surface area contributed by atoms with Crippen LogP contribution in [0.15, 0.2) is 188 Å². The smallest absolute Gasteiger partial charge is 0.159 e. The summed E-state index contributed by atoms with van der Waals surface area (Å²) in [5.41, 5.74) is 9.17. The highest BCUT2D eigenvalue weighted by Gasteiger charge is 2.23. The van der Waals surface area contributed by atoms with Crippen molar-refractivity contribution >= 4 is 58.0 Å². The van der Waals surface area contributed by atoms with Gasteiger partial charge in [-0.25, -0.2) is 17.6 Å². The fourth-order valence-corrected chi connectivity index (χ4v) is 14.1. The number of hydrogen-bond donors (Lipinski definition) is 0. The number of nitrogens with zero attached hydrogens (tertiary/aromatic N) is 3. The minimum absolute atomic E-state index is 0.0972. The summed E-state index contributed by atoms with van der Waals surface area (Å²) < 4.78 is 49.6. The predicted molar refractivity (Wildman–Crippen MR) is 454 cm³/mol. The summed E-state index contributed by atoms with van der Waals surface area (Å²) in [5.74, 6) is 3.20. The van der Waals surface area contributed by atoms with Gasteiger partial charge in [-0.15, -0.1) is 0 Å². The first-order chi connectivity index (χ1) is 51.2. The molecule has 0 aromatic heterocycles. The minimum atomic E-state index is -0.780. The lowest BCUT2D eigenvalue weighted by Crippen LogP contribution is -2.37. The average molecular weight is 1550 g/mol. The predicted octanol–water partition coefficient (Wildman–Crippen LogP) is 28.7. The minimum Gasteiger partial charge on any atom is -0.303 e. The zero-order valence-corrected chi connectivity index (χ0v) is 69.7. The van der Waals surface area contributed by atoms with Gasteiger partial charge in [0, 0.05) is 34.7 Å². The highest BCUT2D eigenvalue weighted by atomic mass is 35.5. The molecule has 0 amide bonds. The molecule has 13 rings (SSSR count). The Morgan fingerprint density at radius 2 is 0.708 bits per heavy atom. The van der Waals surface area contributed by atoms with Crippen LogP contribution in [0.2, 0.25) is 25.1 Å². The van der Waals surface area contributed by atoms with Crippen LogP contribution in [0.3, 0.4) is 0 Å². The Balaban J connectivity index is 0.000000250. The topological polar surface area (TPSA) is 9.72 Å². The molecule has 2 aliphatic carbocycles. The summed E-state index contributed by atoms with van der Waals surface area (Å²) >= 11 is 28.7. The molecule has 3 nitrogen and oxygen atoms in total. The van der Waals surface area contributed by atoms with Gasteiger partial charge in [-0.3, -0.25) is 4.90 Å². The van der Waals surface area contributed by atoms with Crippen molar-refractivity contribution in [2.45, 2.75) is 217 Å². The quantitative estimate of drug-likeness (QED) is 0.107. The van der Waals surface area contributed by atoms with E-state index < -0.39 is 11.6 Å². The van der Waals surface area contributed by atoms with E-state index in [9.17, 15) is 17.6 Å². The Kier molecular flexibility index (Phi) is 49.3. The van der Waals surface area contributed by atoms with E-state index in [4.69, 9.17) is 58.0 Å². The first-order valence-corrected chi connectivity index (χ1v) is 41.9. The molecule has 582 valence electrons. The first-order valence-electron chi connectivity index (χ1n) is 40.0. The van der Waals surface area contributed by atoms with E-state index in [2.05, 4.69) is 99.6 Å². The highest BCUT2D eigenvalue weighted by Crippen LogP contribution is 2.29. The highest BCUT2D eigenvalue weighted by molar-refractivity contribution is 6.42. The second-order valence-electron chi connectivity index (χ2n) is 29.1. The van der Waals surface area contributed by atoms with Crippen molar-refractivity contribution in [2.75, 3.05) is 52.4 Å². The monoisotopic (exact) mass is 1550 g/mol. The molecule has 2 saturated carbocycles. The van der Waals surface area contributed by atoms with E-state index in [1.165, 1.54) is 195 Å². The molecule has 106 heavy (non-hydrogen) atoms. The number of hydrogen-bond acceptors (Lipinski definition) is 3. The van der Waals surface area contributed by atoms with Crippen LogP contribution < -0.4 is 0 Å². The summed E-state index contributed by atoms with van der Waals surface area (Å²) in [7, 11) is 0. The lowest BCUT2D eigenvalue weighted by atomic mass is 9.88. The molecule has 0 unspecified atom stereocenters. The van der Waals surface area contributed by atoms with Gasteiger partial charge in [0.15, 0.2) is 11.6 Å². The van der Waals surface area contributed by atoms with Crippen molar-refractivity contribution in [1.82, 2.24) is 14.7 Å². The Morgan fingerprint density at radius 1 is 0.292 bits per heavy atom. The largest absolute Gasteiger partial charge is 0.303 e. The van der Waals surface area contributed by atoms with Crippen LogP contribution in [0.25, 0.3) is 0 Å². The molecule has 0 spiro atoms. The van der Waals surface area contributed by atoms with Crippen LogP contribution in [0, 0.1) is 52.9 Å². The van der Waals surface area contributed by atoms with Crippen molar-refractivity contribution in [3.05, 3.63) is 281 Å². The molecular weight excluding hydrogens is 1420 g/mol. The Labute approximate surface area is 665 Å². The molecule has 12 heteroatoms. The molecule has 0 radical (unpaired) electrons. The van der Waals surface area contributed by atoms with Gasteiger partial charge in [-0.2, -0.15) is 0 Å². The van der Waals surface area contributed by atoms with E-state index in [1.807, 2.05) is 118 Å². The van der Waals surface area contributed by atoms with Gasteiger partial charge in [0.25, 0.3) is 0 Å². The summed E-state index contributed by atoms with van der Waals surface area (Å²) in [6.07, 6.45) is 28.5. The third-order valence-corrected chi connectivity index (χ3v) is 22.1. The van der Waals surface area contributed by atoms with Crippen molar-refractivity contribution in [3.8, 4) is 0 Å². The van der Waals surface area contributed by atoms with Gasteiger partial charge in [0.1, 0.15) is 11.6 Å². The molecule has 8 aromatic rings. The van der Waals surface area contributed by atoms with E-state index in [0.29, 0.717) is 10.0 Å². The number of piperidine rings is 3. The lowest BCUT2D eigenvalue weighted by Gasteiger charge is -2.34. The molecule has 8 aromatic carbocycles. The maximum absolute atomic E-state index is 12.6. The number of rotatable bonds is 13. The summed E-state index contributed by atoms with van der Waals surface area (Å²) in [6.45, 7) is 33.4. The van der Waals surface area contributed by atoms with Gasteiger partial charge in [0.2, 0.25) is 0 Å². The zero-order chi connectivity index (χ0) is 77.3. The second-order valence-corrected chi connectivity index (χ2v) is 31.2. The Morgan fingerprint density at radius 3 is 1.13 bits per heavy atom. The fourth-order valence-electron chi connectivity index (χ4n) is 13.2. The van der Waals surface area contributed by atoms with Crippen molar-refractivity contribution in [2.24, 2.45) is 29.6 Å². The SMILES string of the molecule is CC1CCN(CC2CCCC2)CC1.CC1CCN(CC2CCCCC2)CC1.CC1CCN(Cc2ccccc2)CC1.CCc1ccc(Cl)c(Cl)c1.CCc1ccc(Cl)cc1.CCc1ccc(F)c(F)c1.CCc1cccc(Cl)c1.CCc1cccc(F)c1.CCc1ccccc1Cl.CCc1ccccc1F. The second kappa shape index (κ2) is 56.1. The van der Waals surface area contributed by atoms with Crippen LogP contribution in [-0.4, -0.2) is 67.1 Å². The third-order valence-electron chi connectivity index (χ3n) is 20.5. The van der Waals surface area contributed by atoms with Crippen molar-refractivity contribution < 1.29 is 17.6 Å². The van der Waals surface area contributed by atoms with Crippen LogP contribution in [-0.2, 0) is 51.5 Å². The van der Waals surface area contributed by atoms with E-state index in [1.54, 1.807) is 30.3 Å². The number of halogens is 9. The maximum Gasteiger partial charge on any atom is 0.159 e. The van der Waals surface area contributed by atoms with Crippen molar-refractivity contribution in [3.63, 3.8) is 0 Å². The molecule has 0 atom stereocenters. The normalized spacial score (nSPS) is 15.7. The molecule has 0 bridgehead atoms. The molecule has 3 heterocycles. The van der Waals surface area contributed by atoms with E-state index in [0.717, 1.165) is 119 Å². The third kappa shape index (κ3) is 41.0. The van der Waals surface area contributed by atoms with E-state index >= 15 is 0 Å². The fraction of sp³-hybridized carbons (Fsp3) is 0.489. The summed E-state index contributed by atoms with van der Waals surface area (Å²) in [4.78, 5) is 7.99. The molecule has 3 aliphatic heterocycles. The summed E-state index contributed by atoms with van der Waals surface area (Å²) in [5, 5.41) is 3.78. The number of benzene rings is 8. The van der Waals surface area contributed by atoms with Gasteiger partial charge >= 0.3 is 0 Å². The Hall–Kier alpha value is -5.19. The molecule has 5 fully saturated rings. The molecular formula is C94H128Cl5F4N3. The standard InChI is InChI=1S/C13H25N.C13H19N.C12H23N.C8H8Cl2.3C8H9Cl.C8H8F2.2C8H9F/c2*1-12-7-9-14(10-8-12)11-13-5-3-2-4-6-13;1-11-6-8-13(9-7-11)10-12-4-2-3-5-12;1-2-6-3-4-7(9)8(10)5-6;1-2-7-3-5-8(9)6-4-7;1-2-7-4-3-5-8(9)6-7;1-2-7-5-3-4-6-8(7)9;1-2-6-3-4-7(9)8(10)5-6;1-2-7-4-3-5-8(9)6-7;1-2-7-5-3-4-6-8(7)9/h12-13H,2-11H2,1H3;2-6,12H,7-11H2,1H3;11-12H,2-10H2,1H3;3-5H,2H2,1H3;3*3-6H,2H2,1H3;3-5H,2H2,1H3;2*3-6H,2H2,1H3. The molecule has 0 N–H and O–H groups in total. The molecule has 3 saturated heterocycles. The summed E-state index contributed by atoms with van der Waals surface area (Å²) in [6, 6.07) is 57.7. The molecule has 5 aliphatic rings. The number of aryl methyl sites for hydroxylation is 7. The van der Waals surface area contributed by atoms with Gasteiger partial charge in [0.05, 0.1) is 10.0 Å². The number of likely N-dealkylation sites (tertiary alicyclic amines) is 3. The maximum atomic E-state index is 12.6. The van der Waals surface area contributed by atoms with Gasteiger partial charge in [-0.05, 0) is 295 Å². The van der Waals surface area contributed by atoms with Crippen LogP contribution in [0.4, 0.5) is 17.6 Å². The Bertz CT molecular complexity index is 3380. The van der Waals surface area contributed by atoms with Gasteiger partial charge < -0.3 is 9.80 Å². The van der Waals surface area contributed by atoms with Crippen molar-refractivity contribution in [1.29, 1.82) is 0 Å².